The third-order valence-electron chi connectivity index (χ3n) is 4.24. The van der Waals surface area contributed by atoms with Crippen molar-refractivity contribution >= 4 is 28.0 Å². The Morgan fingerprint density at radius 2 is 1.83 bits per heavy atom. The lowest BCUT2D eigenvalue weighted by Gasteiger charge is -2.26. The second-order valence-corrected chi connectivity index (χ2v) is 7.12. The molecule has 1 atom stereocenters. The first-order valence-corrected chi connectivity index (χ1v) is 8.35. The largest absolute Gasteiger partial charge is 0.369 e. The van der Waals surface area contributed by atoms with Crippen molar-refractivity contribution in [2.75, 3.05) is 0 Å². The number of carbonyl (C=O) groups is 1. The average Bonchev–Trinajstić information content (AvgIpc) is 2.93. The van der Waals surface area contributed by atoms with Crippen molar-refractivity contribution in [3.8, 4) is 0 Å². The molecule has 0 aliphatic rings. The van der Waals surface area contributed by atoms with E-state index in [1.165, 1.54) is 22.9 Å². The number of rotatable bonds is 5. The zero-order valence-electron chi connectivity index (χ0n) is 12.9. The van der Waals surface area contributed by atoms with E-state index < -0.39 is 5.41 Å². The van der Waals surface area contributed by atoms with E-state index in [2.05, 4.69) is 17.5 Å². The van der Waals surface area contributed by atoms with Gasteiger partial charge in [-0.1, -0.05) is 43.3 Å². The smallest absolute Gasteiger partial charge is 0.224 e. The summed E-state index contributed by atoms with van der Waals surface area (Å²) in [6, 6.07) is 14.4. The molecule has 0 fully saturated rings. The molecule has 1 aromatic heterocycles. The van der Waals surface area contributed by atoms with E-state index in [0.29, 0.717) is 12.8 Å². The first-order chi connectivity index (χ1) is 11.0. The van der Waals surface area contributed by atoms with E-state index in [0.717, 1.165) is 10.4 Å². The van der Waals surface area contributed by atoms with E-state index in [4.69, 9.17) is 5.73 Å². The van der Waals surface area contributed by atoms with Gasteiger partial charge >= 0.3 is 0 Å². The summed E-state index contributed by atoms with van der Waals surface area (Å²) in [5, 5.41) is 4.45. The summed E-state index contributed by atoms with van der Waals surface area (Å²) in [5.41, 5.74) is 5.91. The van der Waals surface area contributed by atoms with Crippen LogP contribution < -0.4 is 5.73 Å². The van der Waals surface area contributed by atoms with Crippen LogP contribution in [0.25, 0.3) is 10.8 Å². The zero-order valence-corrected chi connectivity index (χ0v) is 13.7. The maximum absolute atomic E-state index is 13.1. The number of carbonyl (C=O) groups excluding carboxylic acids is 1. The molecular weight excluding hydrogens is 309 g/mol. The summed E-state index contributed by atoms with van der Waals surface area (Å²) in [7, 11) is 0. The molecule has 1 unspecified atom stereocenters. The molecule has 118 valence electrons. The molecule has 0 aliphatic carbocycles. The molecule has 2 nitrogen and oxygen atoms in total. The Labute approximate surface area is 138 Å². The van der Waals surface area contributed by atoms with Crippen LogP contribution >= 0.6 is 11.3 Å². The minimum absolute atomic E-state index is 0.279. The number of nitrogens with two attached hydrogens (primary N) is 1. The van der Waals surface area contributed by atoms with Crippen LogP contribution in [-0.2, 0) is 17.6 Å². The molecule has 0 saturated heterocycles. The van der Waals surface area contributed by atoms with E-state index in [1.807, 2.05) is 19.1 Å². The fraction of sp³-hybridized carbons (Fsp3) is 0.211. The normalized spacial score (nSPS) is 13.8. The Hall–Kier alpha value is -2.20. The predicted octanol–water partition coefficient (Wildman–Crippen LogP) is 4.32. The molecule has 3 rings (SSSR count). The fourth-order valence-electron chi connectivity index (χ4n) is 2.83. The van der Waals surface area contributed by atoms with Crippen LogP contribution in [0.1, 0.15) is 17.4 Å². The van der Waals surface area contributed by atoms with Gasteiger partial charge in [-0.05, 0) is 46.7 Å². The Bertz CT molecular complexity index is 840. The number of thiophene rings is 1. The Morgan fingerprint density at radius 3 is 2.52 bits per heavy atom. The molecule has 1 amide bonds. The number of hydrogen-bond donors (Lipinski definition) is 1. The number of benzene rings is 2. The van der Waals surface area contributed by atoms with Crippen LogP contribution in [0.2, 0.25) is 0 Å². The topological polar surface area (TPSA) is 43.1 Å². The van der Waals surface area contributed by atoms with Gasteiger partial charge in [-0.15, -0.1) is 11.3 Å². The molecule has 0 radical (unpaired) electrons. The van der Waals surface area contributed by atoms with Crippen molar-refractivity contribution in [2.24, 2.45) is 11.1 Å². The van der Waals surface area contributed by atoms with E-state index in [1.54, 1.807) is 23.5 Å². The summed E-state index contributed by atoms with van der Waals surface area (Å²) in [6.45, 7) is 1.88. The highest BCUT2D eigenvalue weighted by Gasteiger charge is 2.32. The van der Waals surface area contributed by atoms with Gasteiger partial charge in [-0.25, -0.2) is 4.39 Å². The molecule has 2 aromatic carbocycles. The standard InChI is InChI=1S/C19H18FNOS/c1-19(18(21)22,10-13-6-8-15(20)9-7-13)11-17-16-5-3-2-4-14(16)12-23-17/h2-9,12H,10-11H2,1H3,(H2,21,22). The minimum atomic E-state index is -0.703. The number of fused-ring (bicyclic) bond motifs is 1. The fourth-order valence-corrected chi connectivity index (χ4v) is 4.02. The summed E-state index contributed by atoms with van der Waals surface area (Å²) in [4.78, 5) is 13.3. The maximum Gasteiger partial charge on any atom is 0.224 e. The third kappa shape index (κ3) is 3.27. The number of amides is 1. The van der Waals surface area contributed by atoms with Gasteiger partial charge in [0.15, 0.2) is 0 Å². The van der Waals surface area contributed by atoms with Crippen LogP contribution in [0, 0.1) is 11.2 Å². The summed E-state index contributed by atoms with van der Waals surface area (Å²) in [5.74, 6) is -0.613. The Morgan fingerprint density at radius 1 is 1.13 bits per heavy atom. The van der Waals surface area contributed by atoms with Crippen LogP contribution in [0.4, 0.5) is 4.39 Å². The molecule has 0 aliphatic heterocycles. The van der Waals surface area contributed by atoms with Crippen LogP contribution in [-0.4, -0.2) is 5.91 Å². The monoisotopic (exact) mass is 327 g/mol. The molecule has 4 heteroatoms. The highest BCUT2D eigenvalue weighted by atomic mass is 32.1. The molecule has 0 spiro atoms. The highest BCUT2D eigenvalue weighted by Crippen LogP contribution is 2.34. The van der Waals surface area contributed by atoms with Crippen LogP contribution in [0.5, 0.6) is 0 Å². The predicted molar refractivity (Wildman–Crippen MR) is 92.9 cm³/mol. The lowest BCUT2D eigenvalue weighted by molar-refractivity contribution is -0.126. The van der Waals surface area contributed by atoms with E-state index in [-0.39, 0.29) is 11.7 Å². The van der Waals surface area contributed by atoms with Crippen molar-refractivity contribution in [3.63, 3.8) is 0 Å². The molecule has 2 N–H and O–H groups in total. The van der Waals surface area contributed by atoms with Crippen molar-refractivity contribution < 1.29 is 9.18 Å². The van der Waals surface area contributed by atoms with Crippen molar-refractivity contribution in [3.05, 3.63) is 70.2 Å². The third-order valence-corrected chi connectivity index (χ3v) is 5.26. The van der Waals surface area contributed by atoms with Crippen LogP contribution in [0.3, 0.4) is 0 Å². The second kappa shape index (κ2) is 6.13. The van der Waals surface area contributed by atoms with Crippen molar-refractivity contribution in [1.29, 1.82) is 0 Å². The van der Waals surface area contributed by atoms with Gasteiger partial charge in [-0.2, -0.15) is 0 Å². The molecule has 0 saturated carbocycles. The van der Waals surface area contributed by atoms with E-state index >= 15 is 0 Å². The lowest BCUT2D eigenvalue weighted by atomic mass is 9.79. The first-order valence-electron chi connectivity index (χ1n) is 7.47. The second-order valence-electron chi connectivity index (χ2n) is 6.15. The van der Waals surface area contributed by atoms with Crippen molar-refractivity contribution in [2.45, 2.75) is 19.8 Å². The van der Waals surface area contributed by atoms with Gasteiger partial charge in [0.25, 0.3) is 0 Å². The average molecular weight is 327 g/mol. The van der Waals surface area contributed by atoms with Gasteiger partial charge in [0, 0.05) is 4.88 Å². The van der Waals surface area contributed by atoms with Gasteiger partial charge in [0.2, 0.25) is 5.91 Å². The van der Waals surface area contributed by atoms with Crippen molar-refractivity contribution in [1.82, 2.24) is 0 Å². The lowest BCUT2D eigenvalue weighted by Crippen LogP contribution is -2.38. The summed E-state index contributed by atoms with van der Waals surface area (Å²) < 4.78 is 13.1. The summed E-state index contributed by atoms with van der Waals surface area (Å²) in [6.07, 6.45) is 1.08. The maximum atomic E-state index is 13.1. The zero-order chi connectivity index (χ0) is 16.4. The van der Waals surface area contributed by atoms with Gasteiger partial charge < -0.3 is 5.73 Å². The quantitative estimate of drug-likeness (QED) is 0.745. The number of halogens is 1. The highest BCUT2D eigenvalue weighted by molar-refractivity contribution is 7.11. The van der Waals surface area contributed by atoms with E-state index in [9.17, 15) is 9.18 Å². The Kier molecular flexibility index (Phi) is 4.18. The van der Waals surface area contributed by atoms with Crippen LogP contribution in [0.15, 0.2) is 53.9 Å². The minimum Gasteiger partial charge on any atom is -0.369 e. The van der Waals surface area contributed by atoms with Gasteiger partial charge in [0.1, 0.15) is 5.82 Å². The molecule has 3 aromatic rings. The molecule has 1 heterocycles. The number of hydrogen-bond acceptors (Lipinski definition) is 2. The molecular formula is C19H18FNOS. The SMILES string of the molecule is CC(Cc1ccc(F)cc1)(Cc1scc2ccccc12)C(N)=O. The molecule has 0 bridgehead atoms. The first kappa shape index (κ1) is 15.7. The Balaban J connectivity index is 1.91. The molecule has 23 heavy (non-hydrogen) atoms. The number of primary amides is 1. The summed E-state index contributed by atoms with van der Waals surface area (Å²) >= 11 is 1.65. The van der Waals surface area contributed by atoms with Gasteiger partial charge in [0.05, 0.1) is 5.41 Å². The van der Waals surface area contributed by atoms with Gasteiger partial charge in [-0.3, -0.25) is 4.79 Å².